The molecule has 0 amide bonds. The summed E-state index contributed by atoms with van der Waals surface area (Å²) in [7, 11) is 0. The number of aryl methyl sites for hydroxylation is 1. The summed E-state index contributed by atoms with van der Waals surface area (Å²) in [6.45, 7) is 5.79. The number of aromatic nitrogens is 2. The number of hydrogen-bond donors (Lipinski definition) is 1. The summed E-state index contributed by atoms with van der Waals surface area (Å²) in [5, 5.41) is 0.153. The van der Waals surface area contributed by atoms with Gasteiger partial charge in [0, 0.05) is 30.6 Å². The molecule has 0 saturated carbocycles. The van der Waals surface area contributed by atoms with E-state index >= 15 is 0 Å². The third kappa shape index (κ3) is 3.44. The molecule has 1 aromatic carbocycles. The van der Waals surface area contributed by atoms with Crippen molar-refractivity contribution in [2.45, 2.75) is 38.8 Å². The zero-order valence-corrected chi connectivity index (χ0v) is 17.8. The fourth-order valence-electron chi connectivity index (χ4n) is 4.39. The molecule has 1 aromatic heterocycles. The highest BCUT2D eigenvalue weighted by Gasteiger charge is 2.47. The first-order chi connectivity index (χ1) is 13.7. The maximum atomic E-state index is 14.4. The Hall–Kier alpha value is -1.67. The second kappa shape index (κ2) is 7.54. The molecule has 2 saturated heterocycles. The summed E-state index contributed by atoms with van der Waals surface area (Å²) in [4.78, 5) is 19.5. The maximum Gasteiger partial charge on any atom is 0.260 e. The average Bonchev–Trinajstić information content (AvgIpc) is 2.96. The molecule has 156 valence electrons. The lowest BCUT2D eigenvalue weighted by atomic mass is 9.73. The van der Waals surface area contributed by atoms with Crippen LogP contribution < -0.4 is 16.2 Å². The van der Waals surface area contributed by atoms with Crippen molar-refractivity contribution < 1.29 is 9.13 Å². The van der Waals surface area contributed by atoms with Gasteiger partial charge in [-0.1, -0.05) is 23.2 Å². The van der Waals surface area contributed by atoms with Gasteiger partial charge in [-0.25, -0.2) is 9.37 Å². The molecule has 0 aliphatic carbocycles. The number of ether oxygens (including phenoxy) is 1. The molecule has 2 aliphatic rings. The van der Waals surface area contributed by atoms with Crippen LogP contribution in [0.5, 0.6) is 0 Å². The molecule has 2 N–H and O–H groups in total. The van der Waals surface area contributed by atoms with Crippen LogP contribution in [0.25, 0.3) is 5.69 Å². The highest BCUT2D eigenvalue weighted by atomic mass is 35.5. The van der Waals surface area contributed by atoms with Crippen LogP contribution in [0.15, 0.2) is 23.0 Å². The number of nitrogens with two attached hydrogens (primary N) is 1. The van der Waals surface area contributed by atoms with Crippen molar-refractivity contribution >= 4 is 29.0 Å². The minimum atomic E-state index is -0.636. The molecule has 2 fully saturated rings. The van der Waals surface area contributed by atoms with E-state index in [0.717, 1.165) is 30.5 Å². The Kier molecular flexibility index (Phi) is 5.36. The number of nitrogens with zero attached hydrogens (tertiary/aromatic N) is 3. The molecule has 6 nitrogen and oxygen atoms in total. The van der Waals surface area contributed by atoms with Crippen LogP contribution in [0, 0.1) is 18.2 Å². The Balaban J connectivity index is 1.63. The summed E-state index contributed by atoms with van der Waals surface area (Å²) in [6, 6.07) is 3.96. The quantitative estimate of drug-likeness (QED) is 0.724. The molecule has 29 heavy (non-hydrogen) atoms. The van der Waals surface area contributed by atoms with Crippen molar-refractivity contribution in [3.63, 3.8) is 0 Å². The van der Waals surface area contributed by atoms with Gasteiger partial charge in [0.25, 0.3) is 5.56 Å². The molecule has 0 bridgehead atoms. The van der Waals surface area contributed by atoms with Crippen LogP contribution in [0.3, 0.4) is 0 Å². The van der Waals surface area contributed by atoms with Gasteiger partial charge in [0.05, 0.1) is 22.8 Å². The topological polar surface area (TPSA) is 73.4 Å². The molecule has 9 heteroatoms. The van der Waals surface area contributed by atoms with E-state index in [1.165, 1.54) is 18.2 Å². The van der Waals surface area contributed by atoms with Gasteiger partial charge in [0.1, 0.15) is 23.1 Å². The molecule has 2 aliphatic heterocycles. The lowest BCUT2D eigenvalue weighted by molar-refractivity contribution is 0.0974. The average molecular weight is 441 g/mol. The lowest BCUT2D eigenvalue weighted by Crippen LogP contribution is -2.51. The fraction of sp³-hybridized carbons (Fsp3) is 0.500. The summed E-state index contributed by atoms with van der Waals surface area (Å²) in [5.41, 5.74) is 5.86. The van der Waals surface area contributed by atoms with Gasteiger partial charge in [0.2, 0.25) is 0 Å². The van der Waals surface area contributed by atoms with E-state index in [2.05, 4.69) is 9.88 Å². The third-order valence-electron chi connectivity index (χ3n) is 6.25. The third-order valence-corrected chi connectivity index (χ3v) is 7.04. The monoisotopic (exact) mass is 440 g/mol. The van der Waals surface area contributed by atoms with E-state index in [9.17, 15) is 9.18 Å². The molecule has 0 radical (unpaired) electrons. The zero-order chi connectivity index (χ0) is 20.9. The summed E-state index contributed by atoms with van der Waals surface area (Å²) in [6.07, 6.45) is 1.80. The van der Waals surface area contributed by atoms with Crippen LogP contribution in [0.1, 0.15) is 25.6 Å². The Labute approximate surface area is 178 Å². The Morgan fingerprint density at radius 3 is 2.59 bits per heavy atom. The van der Waals surface area contributed by atoms with E-state index in [4.69, 9.17) is 33.7 Å². The lowest BCUT2D eigenvalue weighted by Gasteiger charge is -2.41. The Morgan fingerprint density at radius 1 is 1.31 bits per heavy atom. The van der Waals surface area contributed by atoms with Gasteiger partial charge in [-0.15, -0.1) is 0 Å². The largest absolute Gasteiger partial charge is 0.376 e. The van der Waals surface area contributed by atoms with Crippen molar-refractivity contribution in [1.82, 2.24) is 9.55 Å². The number of hydrogen-bond acceptors (Lipinski definition) is 5. The van der Waals surface area contributed by atoms with Crippen molar-refractivity contribution in [1.29, 1.82) is 0 Å². The SMILES string of the molecule is Cc1nc(N2CCC3(CC2)CO[C@@H](C)[C@H]3N)cc(=O)n1-c1c(F)ccc(Cl)c1Cl. The molecule has 3 heterocycles. The number of benzene rings is 1. The summed E-state index contributed by atoms with van der Waals surface area (Å²) >= 11 is 12.2. The maximum absolute atomic E-state index is 14.4. The first-order valence-electron chi connectivity index (χ1n) is 9.60. The molecule has 2 aromatic rings. The van der Waals surface area contributed by atoms with Gasteiger partial charge in [0.15, 0.2) is 0 Å². The van der Waals surface area contributed by atoms with Crippen LogP contribution in [0.2, 0.25) is 10.0 Å². The van der Waals surface area contributed by atoms with Gasteiger partial charge >= 0.3 is 0 Å². The van der Waals surface area contributed by atoms with E-state index in [-0.39, 0.29) is 33.3 Å². The fourth-order valence-corrected chi connectivity index (χ4v) is 4.78. The molecule has 1 spiro atoms. The van der Waals surface area contributed by atoms with Crippen molar-refractivity contribution in [3.05, 3.63) is 50.2 Å². The second-order valence-electron chi connectivity index (χ2n) is 7.92. The van der Waals surface area contributed by atoms with Crippen LogP contribution >= 0.6 is 23.2 Å². The van der Waals surface area contributed by atoms with Gasteiger partial charge in [-0.2, -0.15) is 0 Å². The summed E-state index contributed by atoms with van der Waals surface area (Å²) in [5.74, 6) is 0.270. The highest BCUT2D eigenvalue weighted by Crippen LogP contribution is 2.41. The number of anilines is 1. The van der Waals surface area contributed by atoms with E-state index in [1.54, 1.807) is 6.92 Å². The highest BCUT2D eigenvalue weighted by molar-refractivity contribution is 6.43. The smallest absolute Gasteiger partial charge is 0.260 e. The minimum Gasteiger partial charge on any atom is -0.376 e. The summed E-state index contributed by atoms with van der Waals surface area (Å²) < 4.78 is 21.3. The van der Waals surface area contributed by atoms with Crippen molar-refractivity contribution in [3.8, 4) is 5.69 Å². The van der Waals surface area contributed by atoms with E-state index in [0.29, 0.717) is 18.2 Å². The molecular weight excluding hydrogens is 418 g/mol. The predicted octanol–water partition coefficient (Wildman–Crippen LogP) is 3.32. The van der Waals surface area contributed by atoms with Crippen LogP contribution in [-0.2, 0) is 4.74 Å². The van der Waals surface area contributed by atoms with E-state index < -0.39 is 11.4 Å². The first kappa shape index (κ1) is 20.6. The number of piperidine rings is 1. The first-order valence-corrected chi connectivity index (χ1v) is 10.4. The van der Waals surface area contributed by atoms with Crippen molar-refractivity contribution in [2.75, 3.05) is 24.6 Å². The Bertz CT molecular complexity index is 1000. The molecule has 4 rings (SSSR count). The molecular formula is C20H23Cl2FN4O2. The van der Waals surface area contributed by atoms with Crippen LogP contribution in [0.4, 0.5) is 10.2 Å². The standard InChI is InChI=1S/C20H23Cl2FN4O2/c1-11-19(24)20(10-29-11)5-7-26(8-6-20)15-9-16(28)27(12(2)25-15)18-14(23)4-3-13(21)17(18)22/h3-4,9,11,19H,5-8,10,24H2,1-2H3/t11-,19+/m0/s1. The Morgan fingerprint density at radius 2 is 2.00 bits per heavy atom. The van der Waals surface area contributed by atoms with E-state index in [1.807, 2.05) is 6.92 Å². The molecule has 0 unspecified atom stereocenters. The zero-order valence-electron chi connectivity index (χ0n) is 16.3. The molecule has 2 atom stereocenters. The van der Waals surface area contributed by atoms with Gasteiger partial charge < -0.3 is 15.4 Å². The number of halogens is 3. The van der Waals surface area contributed by atoms with Gasteiger partial charge in [-0.05, 0) is 38.8 Å². The normalized spacial score (nSPS) is 23.7. The minimum absolute atomic E-state index is 0.0142. The number of rotatable bonds is 2. The van der Waals surface area contributed by atoms with Crippen molar-refractivity contribution in [2.24, 2.45) is 11.1 Å². The predicted molar refractivity (Wildman–Crippen MR) is 112 cm³/mol. The van der Waals surface area contributed by atoms with Gasteiger partial charge in [-0.3, -0.25) is 9.36 Å². The van der Waals surface area contributed by atoms with Crippen LogP contribution in [-0.4, -0.2) is 41.4 Å². The second-order valence-corrected chi connectivity index (χ2v) is 8.70.